The van der Waals surface area contributed by atoms with E-state index in [1.807, 2.05) is 0 Å². The molecule has 0 N–H and O–H groups in total. The van der Waals surface area contributed by atoms with Crippen molar-refractivity contribution in [3.8, 4) is 50.2 Å². The lowest BCUT2D eigenvalue weighted by Gasteiger charge is -2.35. The Hall–Kier alpha value is -10.1. The Morgan fingerprint density at radius 1 is 0.241 bits per heavy atom. The zero-order valence-electron chi connectivity index (χ0n) is 43.6. The molecule has 0 saturated carbocycles. The minimum atomic E-state index is -2.73. The number of fused-ring (bicyclic) bond motifs is 4. The maximum absolute atomic E-state index is 2.73. The fraction of sp³-hybridized carbons (Fsp3) is 0. The molecule has 0 aliphatic carbocycles. The molecular formula is C76H54N2Si. The first-order valence-corrected chi connectivity index (χ1v) is 29.2. The Bertz CT molecular complexity index is 4320. The minimum Gasteiger partial charge on any atom is -0.311 e. The van der Waals surface area contributed by atoms with Crippen molar-refractivity contribution < 1.29 is 0 Å². The Kier molecular flexibility index (Phi) is 12.3. The van der Waals surface area contributed by atoms with Crippen LogP contribution in [-0.4, -0.2) is 12.6 Å². The number of hydrogen-bond donors (Lipinski definition) is 0. The van der Waals surface area contributed by atoms with Gasteiger partial charge in [-0.1, -0.05) is 273 Å². The van der Waals surface area contributed by atoms with Gasteiger partial charge in [-0.15, -0.1) is 0 Å². The van der Waals surface area contributed by atoms with Crippen LogP contribution in [0.4, 0.5) is 17.1 Å². The van der Waals surface area contributed by atoms with Crippen LogP contribution in [0.25, 0.3) is 82.8 Å². The maximum Gasteiger partial charge on any atom is 0.179 e. The third-order valence-electron chi connectivity index (χ3n) is 16.0. The highest BCUT2D eigenvalue weighted by Gasteiger charge is 2.41. The Labute approximate surface area is 463 Å². The van der Waals surface area contributed by atoms with Crippen LogP contribution in [0.5, 0.6) is 0 Å². The van der Waals surface area contributed by atoms with E-state index in [9.17, 15) is 0 Å². The molecule has 0 fully saturated rings. The normalized spacial score (nSPS) is 11.5. The molecule has 0 aliphatic heterocycles. The lowest BCUT2D eigenvalue weighted by Crippen LogP contribution is -2.74. The third-order valence-corrected chi connectivity index (χ3v) is 20.8. The molecule has 0 atom stereocenters. The molecule has 0 radical (unpaired) electrons. The Morgan fingerprint density at radius 3 is 1.24 bits per heavy atom. The van der Waals surface area contributed by atoms with E-state index in [1.54, 1.807) is 0 Å². The van der Waals surface area contributed by atoms with Crippen LogP contribution in [0.3, 0.4) is 0 Å². The van der Waals surface area contributed by atoms with Gasteiger partial charge in [-0.3, -0.25) is 0 Å². The molecule has 14 aromatic rings. The van der Waals surface area contributed by atoms with E-state index in [0.29, 0.717) is 0 Å². The van der Waals surface area contributed by atoms with Gasteiger partial charge in [-0.2, -0.15) is 0 Å². The number of para-hydroxylation sites is 2. The quantitative estimate of drug-likeness (QED) is 0.0875. The first-order valence-electron chi connectivity index (χ1n) is 27.2. The molecule has 2 nitrogen and oxygen atoms in total. The minimum absolute atomic E-state index is 1.08. The summed E-state index contributed by atoms with van der Waals surface area (Å²) in [7, 11) is -2.73. The number of hydrogen-bond acceptors (Lipinski definition) is 1. The lowest BCUT2D eigenvalue weighted by atomic mass is 9.96. The fourth-order valence-electron chi connectivity index (χ4n) is 12.3. The highest BCUT2D eigenvalue weighted by molar-refractivity contribution is 7.19. The number of benzene rings is 13. The van der Waals surface area contributed by atoms with Crippen molar-refractivity contribution >= 4 is 78.5 Å². The second kappa shape index (κ2) is 20.5. The van der Waals surface area contributed by atoms with Crippen molar-refractivity contribution in [2.75, 3.05) is 4.90 Å². The second-order valence-corrected chi connectivity index (χ2v) is 24.2. The highest BCUT2D eigenvalue weighted by Crippen LogP contribution is 2.42. The van der Waals surface area contributed by atoms with Gasteiger partial charge in [-0.05, 0) is 125 Å². The smallest absolute Gasteiger partial charge is 0.179 e. The van der Waals surface area contributed by atoms with E-state index in [2.05, 4.69) is 337 Å². The van der Waals surface area contributed by atoms with Gasteiger partial charge in [0.25, 0.3) is 0 Å². The summed E-state index contributed by atoms with van der Waals surface area (Å²) < 4.78 is 2.44. The molecule has 0 saturated heterocycles. The number of nitrogens with zero attached hydrogens (tertiary/aromatic N) is 2. The topological polar surface area (TPSA) is 8.17 Å². The molecule has 3 heteroatoms. The molecule has 372 valence electrons. The van der Waals surface area contributed by atoms with E-state index in [-0.39, 0.29) is 0 Å². The van der Waals surface area contributed by atoms with Crippen molar-refractivity contribution in [2.24, 2.45) is 0 Å². The molecule has 0 unspecified atom stereocenters. The summed E-state index contributed by atoms with van der Waals surface area (Å²) in [6.07, 6.45) is 0. The summed E-state index contributed by atoms with van der Waals surface area (Å²) in [4.78, 5) is 2.40. The van der Waals surface area contributed by atoms with Gasteiger partial charge in [-0.25, -0.2) is 0 Å². The molecular weight excluding hydrogens is 969 g/mol. The highest BCUT2D eigenvalue weighted by atomic mass is 28.3. The Balaban J connectivity index is 0.841. The van der Waals surface area contributed by atoms with E-state index in [1.165, 1.54) is 98.0 Å². The van der Waals surface area contributed by atoms with Crippen LogP contribution in [0.15, 0.2) is 328 Å². The second-order valence-electron chi connectivity index (χ2n) is 20.4. The van der Waals surface area contributed by atoms with E-state index in [4.69, 9.17) is 0 Å². The molecule has 79 heavy (non-hydrogen) atoms. The summed E-state index contributed by atoms with van der Waals surface area (Å²) in [5.41, 5.74) is 16.4. The third kappa shape index (κ3) is 8.45. The van der Waals surface area contributed by atoms with Crippen molar-refractivity contribution in [1.82, 2.24) is 4.57 Å². The summed E-state index contributed by atoms with van der Waals surface area (Å²) in [6.45, 7) is 0. The summed E-state index contributed by atoms with van der Waals surface area (Å²) in [6, 6.07) is 120. The lowest BCUT2D eigenvalue weighted by molar-refractivity contribution is 1.18. The van der Waals surface area contributed by atoms with Crippen molar-refractivity contribution in [1.29, 1.82) is 0 Å². The van der Waals surface area contributed by atoms with Crippen molar-refractivity contribution in [2.45, 2.75) is 0 Å². The van der Waals surface area contributed by atoms with E-state index in [0.717, 1.165) is 22.6 Å². The van der Waals surface area contributed by atoms with Crippen LogP contribution >= 0.6 is 0 Å². The van der Waals surface area contributed by atoms with Gasteiger partial charge in [0.2, 0.25) is 0 Å². The standard InChI is InChI=1S/C76H54N2Si/c1-5-21-58(22-6-1)70-32-15-17-36-73(70)78-74-37-18-16-33-72(74)76-71(35-20-38-75(76)78)60-41-39-55(40-42-60)56-43-47-61(48-44-56)77(62-49-45-59(46-50-62)69-34-19-24-57-23-13-14-31-68(57)69)63-51-53-67(54-52-63)79(64-25-7-2-8-26-64,65-27-9-3-10-28-65)66-29-11-4-12-30-66/h1-54H. The number of aromatic nitrogens is 1. The molecule has 1 aromatic heterocycles. The number of rotatable bonds is 12. The summed E-state index contributed by atoms with van der Waals surface area (Å²) >= 11 is 0. The summed E-state index contributed by atoms with van der Waals surface area (Å²) in [5, 5.41) is 10.4. The van der Waals surface area contributed by atoms with Crippen LogP contribution in [0.1, 0.15) is 0 Å². The predicted octanol–water partition coefficient (Wildman–Crippen LogP) is 17.5. The molecule has 0 amide bonds. The Morgan fingerprint density at radius 2 is 0.620 bits per heavy atom. The maximum atomic E-state index is 2.44. The van der Waals surface area contributed by atoms with Gasteiger partial charge >= 0.3 is 0 Å². The first kappa shape index (κ1) is 47.4. The monoisotopic (exact) mass is 1020 g/mol. The van der Waals surface area contributed by atoms with Gasteiger partial charge in [0.15, 0.2) is 8.07 Å². The van der Waals surface area contributed by atoms with Crippen LogP contribution < -0.4 is 25.6 Å². The molecule has 13 aromatic carbocycles. The molecule has 0 spiro atoms. The van der Waals surface area contributed by atoms with Crippen molar-refractivity contribution in [3.05, 3.63) is 328 Å². The van der Waals surface area contributed by atoms with E-state index >= 15 is 0 Å². The SMILES string of the molecule is c1ccc(-c2ccccc2-n2c3ccccc3c3c(-c4ccc(-c5ccc(N(c6ccc(-c7cccc8ccccc78)cc6)c6ccc([Si](c7ccccc7)(c7ccccc7)c7ccccc7)cc6)cc5)cc4)cccc32)cc1. The van der Waals surface area contributed by atoms with Crippen LogP contribution in [-0.2, 0) is 0 Å². The average Bonchev–Trinajstić information content (AvgIpc) is 4.01. The van der Waals surface area contributed by atoms with Crippen molar-refractivity contribution in [3.63, 3.8) is 0 Å². The summed E-state index contributed by atoms with van der Waals surface area (Å²) in [5.74, 6) is 0. The van der Waals surface area contributed by atoms with Crippen LogP contribution in [0.2, 0.25) is 0 Å². The first-order chi connectivity index (χ1) is 39.2. The zero-order valence-corrected chi connectivity index (χ0v) is 44.6. The molecule has 0 bridgehead atoms. The zero-order chi connectivity index (χ0) is 52.5. The van der Waals surface area contributed by atoms with Gasteiger partial charge < -0.3 is 9.47 Å². The average molecular weight is 1020 g/mol. The molecule has 14 rings (SSSR count). The van der Waals surface area contributed by atoms with Gasteiger partial charge in [0, 0.05) is 33.4 Å². The fourth-order valence-corrected chi connectivity index (χ4v) is 17.1. The predicted molar refractivity (Wildman–Crippen MR) is 338 cm³/mol. The number of anilines is 3. The molecule has 1 heterocycles. The van der Waals surface area contributed by atoms with Gasteiger partial charge in [0.05, 0.1) is 16.7 Å². The largest absolute Gasteiger partial charge is 0.311 e. The van der Waals surface area contributed by atoms with Crippen LogP contribution in [0, 0.1) is 0 Å². The van der Waals surface area contributed by atoms with E-state index < -0.39 is 8.07 Å². The van der Waals surface area contributed by atoms with Gasteiger partial charge in [0.1, 0.15) is 0 Å². The molecule has 0 aliphatic rings.